The summed E-state index contributed by atoms with van der Waals surface area (Å²) in [6, 6.07) is 6.60. The largest absolute Gasteiger partial charge is 0.347 e. The second-order valence-corrected chi connectivity index (χ2v) is 7.49. The zero-order chi connectivity index (χ0) is 19.7. The molecule has 3 heterocycles. The van der Waals surface area contributed by atoms with Crippen molar-refractivity contribution in [1.29, 1.82) is 0 Å². The number of hydrogen-bond donors (Lipinski definition) is 0. The van der Waals surface area contributed by atoms with Gasteiger partial charge in [0.2, 0.25) is 11.8 Å². The van der Waals surface area contributed by atoms with Gasteiger partial charge >= 0.3 is 0 Å². The van der Waals surface area contributed by atoms with Crippen LogP contribution in [0.5, 0.6) is 0 Å². The van der Waals surface area contributed by atoms with Crippen LogP contribution in [0.3, 0.4) is 0 Å². The molecule has 0 spiro atoms. The molecule has 3 amide bonds. The van der Waals surface area contributed by atoms with Gasteiger partial charge in [-0.05, 0) is 25.8 Å². The van der Waals surface area contributed by atoms with E-state index in [0.29, 0.717) is 30.6 Å². The number of amides is 3. The van der Waals surface area contributed by atoms with Crippen molar-refractivity contribution < 1.29 is 19.2 Å². The standard InChI is InChI=1S/C20H25N3O4/c1-13(24)16-6-4-5-7-17(16)20(27)22-10-14-8-9-15(11-22)23(19(14)26)12-18(25)21(2)3/h4-7,14-15H,8-12H2,1-3H3/t14-,15+/m1/s1. The van der Waals surface area contributed by atoms with Gasteiger partial charge in [0.15, 0.2) is 5.78 Å². The van der Waals surface area contributed by atoms with Gasteiger partial charge < -0.3 is 14.7 Å². The fourth-order valence-electron chi connectivity index (χ4n) is 3.85. The third-order valence-electron chi connectivity index (χ3n) is 5.42. The number of rotatable bonds is 4. The van der Waals surface area contributed by atoms with Crippen molar-refractivity contribution in [2.24, 2.45) is 5.92 Å². The van der Waals surface area contributed by atoms with Crippen LogP contribution < -0.4 is 0 Å². The van der Waals surface area contributed by atoms with E-state index in [2.05, 4.69) is 0 Å². The summed E-state index contributed by atoms with van der Waals surface area (Å²) in [7, 11) is 3.33. The molecule has 1 aromatic carbocycles. The maximum Gasteiger partial charge on any atom is 0.254 e. The summed E-state index contributed by atoms with van der Waals surface area (Å²) < 4.78 is 0. The normalized spacial score (nSPS) is 21.8. The minimum Gasteiger partial charge on any atom is -0.347 e. The van der Waals surface area contributed by atoms with Gasteiger partial charge in [-0.2, -0.15) is 0 Å². The Hall–Kier alpha value is -2.70. The Morgan fingerprint density at radius 1 is 1.07 bits per heavy atom. The third kappa shape index (κ3) is 3.72. The number of carbonyl (C=O) groups is 4. The van der Waals surface area contributed by atoms with E-state index < -0.39 is 0 Å². The van der Waals surface area contributed by atoms with E-state index in [0.717, 1.165) is 6.42 Å². The fraction of sp³-hybridized carbons (Fsp3) is 0.500. The summed E-state index contributed by atoms with van der Waals surface area (Å²) in [5.41, 5.74) is 0.764. The molecule has 0 saturated carbocycles. The van der Waals surface area contributed by atoms with Gasteiger partial charge in [-0.1, -0.05) is 18.2 Å². The number of likely N-dealkylation sites (N-methyl/N-ethyl adjacent to an activating group) is 1. The van der Waals surface area contributed by atoms with Crippen LogP contribution in [0.25, 0.3) is 0 Å². The number of piperidine rings is 1. The maximum absolute atomic E-state index is 13.1. The number of benzene rings is 1. The van der Waals surface area contributed by atoms with Crippen molar-refractivity contribution in [1.82, 2.24) is 14.7 Å². The predicted octanol–water partition coefficient (Wildman–Crippen LogP) is 1.04. The van der Waals surface area contributed by atoms with E-state index in [9.17, 15) is 19.2 Å². The van der Waals surface area contributed by atoms with Gasteiger partial charge in [-0.25, -0.2) is 0 Å². The first-order valence-corrected chi connectivity index (χ1v) is 9.19. The highest BCUT2D eigenvalue weighted by atomic mass is 16.2. The van der Waals surface area contributed by atoms with Crippen LogP contribution in [0.1, 0.15) is 40.5 Å². The van der Waals surface area contributed by atoms with E-state index in [1.165, 1.54) is 11.8 Å². The molecule has 0 aliphatic carbocycles. The minimum atomic E-state index is -0.299. The van der Waals surface area contributed by atoms with Crippen molar-refractivity contribution in [2.45, 2.75) is 25.8 Å². The quantitative estimate of drug-likeness (QED) is 0.741. The van der Waals surface area contributed by atoms with E-state index in [1.54, 1.807) is 48.2 Å². The molecule has 3 aliphatic rings. The Balaban J connectivity index is 1.85. The molecule has 4 rings (SSSR count). The van der Waals surface area contributed by atoms with Crippen molar-refractivity contribution in [3.8, 4) is 0 Å². The topological polar surface area (TPSA) is 78.0 Å². The average Bonchev–Trinajstić information content (AvgIpc) is 2.93. The van der Waals surface area contributed by atoms with Crippen LogP contribution in [-0.4, -0.2) is 78.0 Å². The highest BCUT2D eigenvalue weighted by Crippen LogP contribution is 2.30. The van der Waals surface area contributed by atoms with E-state index in [-0.39, 0.29) is 42.0 Å². The molecule has 3 fully saturated rings. The molecule has 0 radical (unpaired) electrons. The highest BCUT2D eigenvalue weighted by molar-refractivity contribution is 6.07. The van der Waals surface area contributed by atoms with Crippen LogP contribution in [-0.2, 0) is 9.59 Å². The van der Waals surface area contributed by atoms with Gasteiger partial charge in [-0.15, -0.1) is 0 Å². The number of nitrogens with zero attached hydrogens (tertiary/aromatic N) is 3. The van der Waals surface area contributed by atoms with Crippen LogP contribution in [0, 0.1) is 5.92 Å². The molecular formula is C20H25N3O4. The summed E-state index contributed by atoms with van der Waals surface area (Å²) in [5.74, 6) is -0.878. The lowest BCUT2D eigenvalue weighted by atomic mass is 9.94. The molecule has 3 saturated heterocycles. The number of fused-ring (bicyclic) bond motifs is 4. The number of carbonyl (C=O) groups excluding carboxylic acids is 4. The Morgan fingerprint density at radius 3 is 2.37 bits per heavy atom. The first-order valence-electron chi connectivity index (χ1n) is 9.19. The fourth-order valence-corrected chi connectivity index (χ4v) is 3.85. The van der Waals surface area contributed by atoms with Crippen molar-refractivity contribution in [2.75, 3.05) is 33.7 Å². The summed E-state index contributed by atoms with van der Waals surface area (Å²) in [6.07, 6.45) is 1.49. The van der Waals surface area contributed by atoms with Gasteiger partial charge in [0.05, 0.1) is 11.5 Å². The Morgan fingerprint density at radius 2 is 1.74 bits per heavy atom. The molecule has 2 bridgehead atoms. The van der Waals surface area contributed by atoms with Crippen LogP contribution in [0.2, 0.25) is 0 Å². The molecule has 27 heavy (non-hydrogen) atoms. The smallest absolute Gasteiger partial charge is 0.254 e. The lowest BCUT2D eigenvalue weighted by molar-refractivity contribution is -0.145. The molecule has 3 aliphatic heterocycles. The number of Topliss-reactive ketones (excluding diaryl/α,β-unsaturated/α-hetero) is 1. The van der Waals surface area contributed by atoms with Gasteiger partial charge in [0.1, 0.15) is 6.54 Å². The first-order chi connectivity index (χ1) is 12.8. The van der Waals surface area contributed by atoms with E-state index in [1.807, 2.05) is 0 Å². The summed E-state index contributed by atoms with van der Waals surface area (Å²) >= 11 is 0. The average molecular weight is 371 g/mol. The molecule has 0 unspecified atom stereocenters. The maximum atomic E-state index is 13.1. The SMILES string of the molecule is CC(=O)c1ccccc1C(=O)N1C[C@H]2CC[C@@H](C1)N(CC(=O)N(C)C)C2=O. The van der Waals surface area contributed by atoms with Gasteiger partial charge in [-0.3, -0.25) is 19.2 Å². The highest BCUT2D eigenvalue weighted by Gasteiger charge is 2.43. The van der Waals surface area contributed by atoms with Gasteiger partial charge in [0, 0.05) is 38.8 Å². The second-order valence-electron chi connectivity index (χ2n) is 7.49. The summed E-state index contributed by atoms with van der Waals surface area (Å²) in [5, 5.41) is 0. The van der Waals surface area contributed by atoms with E-state index >= 15 is 0 Å². The molecule has 1 aromatic rings. The van der Waals surface area contributed by atoms with E-state index in [4.69, 9.17) is 0 Å². The molecule has 7 heteroatoms. The predicted molar refractivity (Wildman–Crippen MR) is 99.3 cm³/mol. The Labute approximate surface area is 158 Å². The lowest BCUT2D eigenvalue weighted by Crippen LogP contribution is -2.51. The van der Waals surface area contributed by atoms with Gasteiger partial charge in [0.25, 0.3) is 5.91 Å². The van der Waals surface area contributed by atoms with Crippen LogP contribution in [0.4, 0.5) is 0 Å². The molecule has 7 nitrogen and oxygen atoms in total. The number of ketones is 1. The monoisotopic (exact) mass is 371 g/mol. The van der Waals surface area contributed by atoms with Crippen molar-refractivity contribution in [3.63, 3.8) is 0 Å². The summed E-state index contributed by atoms with van der Waals surface area (Å²) in [6.45, 7) is 2.19. The van der Waals surface area contributed by atoms with Crippen LogP contribution >= 0.6 is 0 Å². The Kier molecular flexibility index (Phi) is 5.30. The second kappa shape index (κ2) is 7.50. The molecular weight excluding hydrogens is 346 g/mol. The Bertz CT molecular complexity index is 789. The molecule has 2 atom stereocenters. The zero-order valence-corrected chi connectivity index (χ0v) is 16.0. The van der Waals surface area contributed by atoms with Crippen LogP contribution in [0.15, 0.2) is 24.3 Å². The first kappa shape index (κ1) is 19.1. The molecule has 0 aromatic heterocycles. The molecule has 0 N–H and O–H groups in total. The van der Waals surface area contributed by atoms with Crippen molar-refractivity contribution >= 4 is 23.5 Å². The minimum absolute atomic E-state index is 0.0407. The molecule has 144 valence electrons. The zero-order valence-electron chi connectivity index (χ0n) is 16.0. The number of hydrogen-bond acceptors (Lipinski definition) is 4. The van der Waals surface area contributed by atoms with Crippen molar-refractivity contribution in [3.05, 3.63) is 35.4 Å². The third-order valence-corrected chi connectivity index (χ3v) is 5.42. The lowest BCUT2D eigenvalue weighted by Gasteiger charge is -2.35. The summed E-state index contributed by atoms with van der Waals surface area (Å²) in [4.78, 5) is 54.7.